The summed E-state index contributed by atoms with van der Waals surface area (Å²) < 4.78 is 0. The van der Waals surface area contributed by atoms with Gasteiger partial charge in [0, 0.05) is 37.0 Å². The van der Waals surface area contributed by atoms with Crippen LogP contribution in [0.2, 0.25) is 0 Å². The van der Waals surface area contributed by atoms with Crippen molar-refractivity contribution in [3.63, 3.8) is 0 Å². The van der Waals surface area contributed by atoms with E-state index in [1.807, 2.05) is 0 Å². The van der Waals surface area contributed by atoms with Crippen molar-refractivity contribution in [3.8, 4) is 0 Å². The van der Waals surface area contributed by atoms with Gasteiger partial charge in [-0.25, -0.2) is 0 Å². The molecular formula is C16H26N2O. The van der Waals surface area contributed by atoms with Crippen molar-refractivity contribution >= 4 is 5.69 Å². The third-order valence-electron chi connectivity index (χ3n) is 4.09. The van der Waals surface area contributed by atoms with Crippen LogP contribution in [0.1, 0.15) is 31.4 Å². The normalized spacial score (nSPS) is 22.6. The molecule has 1 saturated heterocycles. The van der Waals surface area contributed by atoms with Gasteiger partial charge in [-0.15, -0.1) is 0 Å². The Labute approximate surface area is 116 Å². The van der Waals surface area contributed by atoms with Gasteiger partial charge in [-0.05, 0) is 51.3 Å². The maximum Gasteiger partial charge on any atom is 0.0471 e. The lowest BCUT2D eigenvalue weighted by atomic mass is 9.94. The summed E-state index contributed by atoms with van der Waals surface area (Å²) in [4.78, 5) is 2.49. The van der Waals surface area contributed by atoms with Crippen LogP contribution in [-0.2, 0) is 0 Å². The lowest BCUT2D eigenvalue weighted by molar-refractivity contribution is 0.239. The average molecular weight is 262 g/mol. The second-order valence-electron chi connectivity index (χ2n) is 6.30. The highest BCUT2D eigenvalue weighted by atomic mass is 16.3. The van der Waals surface area contributed by atoms with Crippen molar-refractivity contribution < 1.29 is 5.11 Å². The maximum atomic E-state index is 9.15. The van der Waals surface area contributed by atoms with Gasteiger partial charge in [0.2, 0.25) is 0 Å². The Balaban J connectivity index is 2.30. The zero-order chi connectivity index (χ0) is 14.0. The molecule has 0 bridgehead atoms. The van der Waals surface area contributed by atoms with Gasteiger partial charge in [-0.2, -0.15) is 0 Å². The van der Waals surface area contributed by atoms with E-state index < -0.39 is 0 Å². The molecule has 1 fully saturated rings. The minimum Gasteiger partial charge on any atom is -0.396 e. The van der Waals surface area contributed by atoms with Crippen LogP contribution in [0, 0.1) is 13.8 Å². The summed E-state index contributed by atoms with van der Waals surface area (Å²) in [6, 6.07) is 7.01. The van der Waals surface area contributed by atoms with Crippen molar-refractivity contribution in [2.45, 2.75) is 45.7 Å². The van der Waals surface area contributed by atoms with E-state index in [4.69, 9.17) is 5.11 Å². The lowest BCUT2D eigenvalue weighted by Crippen LogP contribution is -2.62. The number of aryl methyl sites for hydroxylation is 2. The first kappa shape index (κ1) is 14.4. The Kier molecular flexibility index (Phi) is 4.16. The minimum atomic E-state index is 0.102. The Morgan fingerprint density at radius 3 is 2.79 bits per heavy atom. The molecule has 1 atom stereocenters. The van der Waals surface area contributed by atoms with Gasteiger partial charge in [0.25, 0.3) is 0 Å². The molecule has 1 aromatic rings. The monoisotopic (exact) mass is 262 g/mol. The van der Waals surface area contributed by atoms with Gasteiger partial charge >= 0.3 is 0 Å². The number of rotatable bonds is 3. The number of aliphatic hydroxyl groups is 1. The third kappa shape index (κ3) is 3.10. The molecule has 0 amide bonds. The second-order valence-corrected chi connectivity index (χ2v) is 6.30. The molecule has 0 aliphatic carbocycles. The first-order valence-corrected chi connectivity index (χ1v) is 7.13. The SMILES string of the molecule is Cc1ccc(C)c(N2CC(CCO)NCC2(C)C)c1. The molecule has 3 heteroatoms. The molecule has 1 heterocycles. The fraction of sp³-hybridized carbons (Fsp3) is 0.625. The lowest BCUT2D eigenvalue weighted by Gasteiger charge is -2.48. The van der Waals surface area contributed by atoms with Crippen molar-refractivity contribution in [2.75, 3.05) is 24.6 Å². The van der Waals surface area contributed by atoms with Gasteiger partial charge in [-0.1, -0.05) is 12.1 Å². The smallest absolute Gasteiger partial charge is 0.0471 e. The Hall–Kier alpha value is -1.06. The fourth-order valence-corrected chi connectivity index (χ4v) is 2.81. The van der Waals surface area contributed by atoms with Crippen LogP contribution < -0.4 is 10.2 Å². The van der Waals surface area contributed by atoms with Gasteiger partial charge in [-0.3, -0.25) is 0 Å². The summed E-state index contributed by atoms with van der Waals surface area (Å²) in [6.07, 6.45) is 0.817. The molecule has 0 aromatic heterocycles. The van der Waals surface area contributed by atoms with Crippen molar-refractivity contribution in [1.29, 1.82) is 0 Å². The topological polar surface area (TPSA) is 35.5 Å². The Bertz CT molecular complexity index is 442. The van der Waals surface area contributed by atoms with Gasteiger partial charge < -0.3 is 15.3 Å². The van der Waals surface area contributed by atoms with Gasteiger partial charge in [0.05, 0.1) is 0 Å². The molecule has 1 aliphatic rings. The van der Waals surface area contributed by atoms with E-state index >= 15 is 0 Å². The molecule has 1 aromatic carbocycles. The van der Waals surface area contributed by atoms with E-state index in [1.54, 1.807) is 0 Å². The molecular weight excluding hydrogens is 236 g/mol. The van der Waals surface area contributed by atoms with E-state index in [1.165, 1.54) is 16.8 Å². The number of nitrogens with zero attached hydrogens (tertiary/aromatic N) is 1. The molecule has 19 heavy (non-hydrogen) atoms. The summed E-state index contributed by atoms with van der Waals surface area (Å²) in [7, 11) is 0. The predicted octanol–water partition coefficient (Wildman–Crippen LogP) is 2.24. The van der Waals surface area contributed by atoms with Crippen LogP contribution in [0.25, 0.3) is 0 Å². The number of hydrogen-bond donors (Lipinski definition) is 2. The first-order valence-electron chi connectivity index (χ1n) is 7.13. The summed E-state index contributed by atoms with van der Waals surface area (Å²) in [5, 5.41) is 12.7. The standard InChI is InChI=1S/C16H26N2O/c1-12-5-6-13(2)15(9-12)18-10-14(7-8-19)17-11-16(18,3)4/h5-6,9,14,17,19H,7-8,10-11H2,1-4H3. The van der Waals surface area contributed by atoms with Crippen LogP contribution in [-0.4, -0.2) is 36.4 Å². The van der Waals surface area contributed by atoms with Crippen LogP contribution in [0.4, 0.5) is 5.69 Å². The fourth-order valence-electron chi connectivity index (χ4n) is 2.81. The largest absolute Gasteiger partial charge is 0.396 e. The number of benzene rings is 1. The molecule has 2 N–H and O–H groups in total. The van der Waals surface area contributed by atoms with E-state index in [-0.39, 0.29) is 12.1 Å². The zero-order valence-electron chi connectivity index (χ0n) is 12.5. The second kappa shape index (κ2) is 5.51. The van der Waals surface area contributed by atoms with Crippen LogP contribution in [0.15, 0.2) is 18.2 Å². The van der Waals surface area contributed by atoms with Crippen molar-refractivity contribution in [1.82, 2.24) is 5.32 Å². The summed E-state index contributed by atoms with van der Waals surface area (Å²) in [5.74, 6) is 0. The third-order valence-corrected chi connectivity index (χ3v) is 4.09. The molecule has 2 rings (SSSR count). The molecule has 0 radical (unpaired) electrons. The highest BCUT2D eigenvalue weighted by molar-refractivity contribution is 5.57. The van der Waals surface area contributed by atoms with Gasteiger partial charge in [0.15, 0.2) is 0 Å². The molecule has 1 aliphatic heterocycles. The highest BCUT2D eigenvalue weighted by Gasteiger charge is 2.34. The Morgan fingerprint density at radius 2 is 2.11 bits per heavy atom. The van der Waals surface area contributed by atoms with E-state index in [0.717, 1.165) is 19.5 Å². The first-order chi connectivity index (χ1) is 8.94. The number of anilines is 1. The van der Waals surface area contributed by atoms with Gasteiger partial charge in [0.1, 0.15) is 0 Å². The summed E-state index contributed by atoms with van der Waals surface area (Å²) in [6.45, 7) is 11.0. The maximum absolute atomic E-state index is 9.15. The minimum absolute atomic E-state index is 0.102. The zero-order valence-corrected chi connectivity index (χ0v) is 12.5. The number of aliphatic hydroxyl groups excluding tert-OH is 1. The van der Waals surface area contributed by atoms with Crippen LogP contribution in [0.5, 0.6) is 0 Å². The molecule has 1 unspecified atom stereocenters. The highest BCUT2D eigenvalue weighted by Crippen LogP contribution is 2.30. The average Bonchev–Trinajstić information content (AvgIpc) is 2.35. The summed E-state index contributed by atoms with van der Waals surface area (Å²) in [5.41, 5.74) is 4.05. The van der Waals surface area contributed by atoms with E-state index in [0.29, 0.717) is 6.04 Å². The van der Waals surface area contributed by atoms with Crippen molar-refractivity contribution in [2.24, 2.45) is 0 Å². The molecule has 0 spiro atoms. The predicted molar refractivity (Wildman–Crippen MR) is 80.8 cm³/mol. The molecule has 0 saturated carbocycles. The molecule has 3 nitrogen and oxygen atoms in total. The van der Waals surface area contributed by atoms with Crippen LogP contribution >= 0.6 is 0 Å². The Morgan fingerprint density at radius 1 is 1.37 bits per heavy atom. The quantitative estimate of drug-likeness (QED) is 0.877. The van der Waals surface area contributed by atoms with Crippen molar-refractivity contribution in [3.05, 3.63) is 29.3 Å². The number of piperazine rings is 1. The van der Waals surface area contributed by atoms with E-state index in [9.17, 15) is 0 Å². The summed E-state index contributed by atoms with van der Waals surface area (Å²) >= 11 is 0. The van der Waals surface area contributed by atoms with Crippen LogP contribution in [0.3, 0.4) is 0 Å². The number of nitrogens with one attached hydrogen (secondary N) is 1. The van der Waals surface area contributed by atoms with E-state index in [2.05, 4.69) is 56.1 Å². The molecule has 106 valence electrons. The number of hydrogen-bond acceptors (Lipinski definition) is 3.